The molecule has 66 valence electrons. The SMILES string of the molecule is Cc1ccc(SSNCN)cc1. The molecule has 0 heterocycles. The van der Waals surface area contributed by atoms with Gasteiger partial charge in [0.2, 0.25) is 0 Å². The molecular weight excluding hydrogens is 188 g/mol. The third-order valence-corrected chi connectivity index (χ3v) is 3.31. The summed E-state index contributed by atoms with van der Waals surface area (Å²) >= 11 is 0. The molecule has 0 aliphatic carbocycles. The molecule has 0 atom stereocenters. The summed E-state index contributed by atoms with van der Waals surface area (Å²) in [6.45, 7) is 2.59. The van der Waals surface area contributed by atoms with Gasteiger partial charge in [0.05, 0.1) is 6.67 Å². The van der Waals surface area contributed by atoms with E-state index in [9.17, 15) is 0 Å². The molecule has 0 aromatic heterocycles. The molecule has 0 saturated carbocycles. The highest BCUT2D eigenvalue weighted by Crippen LogP contribution is 2.27. The number of nitrogens with two attached hydrogens (primary N) is 1. The largest absolute Gasteiger partial charge is 0.318 e. The van der Waals surface area contributed by atoms with Crippen LogP contribution in [0.1, 0.15) is 5.56 Å². The molecule has 0 aliphatic rings. The maximum absolute atomic E-state index is 5.27. The van der Waals surface area contributed by atoms with E-state index in [1.165, 1.54) is 10.5 Å². The van der Waals surface area contributed by atoms with Crippen LogP contribution in [0.5, 0.6) is 0 Å². The van der Waals surface area contributed by atoms with Crippen molar-refractivity contribution in [2.45, 2.75) is 11.8 Å². The lowest BCUT2D eigenvalue weighted by Gasteiger charge is -2.00. The minimum atomic E-state index is 0.504. The van der Waals surface area contributed by atoms with Gasteiger partial charge in [-0.3, -0.25) is 0 Å². The second kappa shape index (κ2) is 5.48. The van der Waals surface area contributed by atoms with Crippen molar-refractivity contribution < 1.29 is 0 Å². The van der Waals surface area contributed by atoms with Crippen LogP contribution in [-0.2, 0) is 0 Å². The Morgan fingerprint density at radius 1 is 1.33 bits per heavy atom. The first kappa shape index (κ1) is 9.92. The fraction of sp³-hybridized carbons (Fsp3) is 0.250. The maximum Gasteiger partial charge on any atom is 0.0535 e. The van der Waals surface area contributed by atoms with Gasteiger partial charge in [-0.05, 0) is 40.8 Å². The van der Waals surface area contributed by atoms with Crippen molar-refractivity contribution in [1.29, 1.82) is 0 Å². The topological polar surface area (TPSA) is 38.0 Å². The first-order chi connectivity index (χ1) is 5.83. The number of rotatable bonds is 4. The number of nitrogens with one attached hydrogen (secondary N) is 1. The third-order valence-electron chi connectivity index (χ3n) is 1.30. The maximum atomic E-state index is 5.27. The second-order valence-corrected chi connectivity index (χ2v) is 4.42. The van der Waals surface area contributed by atoms with E-state index >= 15 is 0 Å². The lowest BCUT2D eigenvalue weighted by molar-refractivity contribution is 0.992. The Hall–Kier alpha value is -0.160. The van der Waals surface area contributed by atoms with Gasteiger partial charge < -0.3 is 5.73 Å². The number of hydrogen-bond donors (Lipinski definition) is 2. The Morgan fingerprint density at radius 3 is 2.58 bits per heavy atom. The van der Waals surface area contributed by atoms with Crippen LogP contribution in [0.4, 0.5) is 0 Å². The van der Waals surface area contributed by atoms with Gasteiger partial charge in [0, 0.05) is 4.90 Å². The van der Waals surface area contributed by atoms with E-state index < -0.39 is 0 Å². The van der Waals surface area contributed by atoms with Crippen LogP contribution in [0.2, 0.25) is 0 Å². The van der Waals surface area contributed by atoms with E-state index in [4.69, 9.17) is 5.73 Å². The van der Waals surface area contributed by atoms with Gasteiger partial charge in [-0.1, -0.05) is 17.7 Å². The number of hydrogen-bond acceptors (Lipinski definition) is 4. The zero-order valence-corrected chi connectivity index (χ0v) is 8.54. The second-order valence-electron chi connectivity index (χ2n) is 2.33. The van der Waals surface area contributed by atoms with E-state index in [2.05, 4.69) is 35.9 Å². The van der Waals surface area contributed by atoms with E-state index in [0.29, 0.717) is 6.67 Å². The Balaban J connectivity index is 2.37. The number of benzene rings is 1. The van der Waals surface area contributed by atoms with Gasteiger partial charge in [0.25, 0.3) is 0 Å². The molecule has 1 aromatic rings. The van der Waals surface area contributed by atoms with Crippen molar-refractivity contribution in [3.63, 3.8) is 0 Å². The normalized spacial score (nSPS) is 10.2. The third kappa shape index (κ3) is 3.49. The molecule has 1 aromatic carbocycles. The molecule has 0 unspecified atom stereocenters. The molecule has 2 nitrogen and oxygen atoms in total. The summed E-state index contributed by atoms with van der Waals surface area (Å²) in [7, 11) is 3.23. The Morgan fingerprint density at radius 2 is 2.00 bits per heavy atom. The molecule has 0 aliphatic heterocycles. The van der Waals surface area contributed by atoms with Gasteiger partial charge in [-0.2, -0.15) is 0 Å². The van der Waals surface area contributed by atoms with Crippen molar-refractivity contribution in [2.24, 2.45) is 5.73 Å². The standard InChI is InChI=1S/C8H12N2S2/c1-7-2-4-8(5-3-7)11-12-10-6-9/h2-5,10H,6,9H2,1H3. The van der Waals surface area contributed by atoms with Gasteiger partial charge in [-0.25, -0.2) is 4.72 Å². The minimum Gasteiger partial charge on any atom is -0.318 e. The molecule has 0 radical (unpaired) electrons. The molecule has 0 fully saturated rings. The van der Waals surface area contributed by atoms with Crippen LogP contribution in [0, 0.1) is 6.92 Å². The lowest BCUT2D eigenvalue weighted by Crippen LogP contribution is -2.12. The Labute approximate surface area is 80.8 Å². The highest BCUT2D eigenvalue weighted by atomic mass is 33.1. The fourth-order valence-corrected chi connectivity index (χ4v) is 2.18. The molecule has 0 bridgehead atoms. The van der Waals surface area contributed by atoms with E-state index in [0.717, 1.165) is 0 Å². The molecule has 4 heteroatoms. The summed E-state index contributed by atoms with van der Waals surface area (Å²) < 4.78 is 2.97. The Kier molecular flexibility index (Phi) is 4.53. The van der Waals surface area contributed by atoms with Gasteiger partial charge in [-0.15, -0.1) is 0 Å². The average Bonchev–Trinajstić information content (AvgIpc) is 2.09. The summed E-state index contributed by atoms with van der Waals surface area (Å²) in [6.07, 6.45) is 0. The molecule has 0 saturated heterocycles. The highest BCUT2D eigenvalue weighted by Gasteiger charge is 1.92. The zero-order valence-electron chi connectivity index (χ0n) is 6.91. The van der Waals surface area contributed by atoms with Crippen molar-refractivity contribution in [2.75, 3.05) is 6.67 Å². The predicted molar refractivity (Wildman–Crippen MR) is 56.8 cm³/mol. The van der Waals surface area contributed by atoms with Crippen LogP contribution >= 0.6 is 21.8 Å². The lowest BCUT2D eigenvalue weighted by atomic mass is 10.2. The molecule has 3 N–H and O–H groups in total. The fourth-order valence-electron chi connectivity index (χ4n) is 0.705. The summed E-state index contributed by atoms with van der Waals surface area (Å²) in [5.74, 6) is 0. The minimum absolute atomic E-state index is 0.504. The predicted octanol–water partition coefficient (Wildman–Crippen LogP) is 2.16. The molecule has 0 spiro atoms. The number of aryl methyl sites for hydroxylation is 1. The van der Waals surface area contributed by atoms with E-state index in [1.54, 1.807) is 21.8 Å². The highest BCUT2D eigenvalue weighted by molar-refractivity contribution is 8.76. The summed E-state index contributed by atoms with van der Waals surface area (Å²) in [5.41, 5.74) is 6.56. The van der Waals surface area contributed by atoms with Crippen LogP contribution in [0.15, 0.2) is 29.2 Å². The van der Waals surface area contributed by atoms with Crippen LogP contribution < -0.4 is 10.5 Å². The first-order valence-corrected chi connectivity index (χ1v) is 5.81. The van der Waals surface area contributed by atoms with Crippen molar-refractivity contribution in [3.05, 3.63) is 29.8 Å². The smallest absolute Gasteiger partial charge is 0.0535 e. The van der Waals surface area contributed by atoms with E-state index in [-0.39, 0.29) is 0 Å². The quantitative estimate of drug-likeness (QED) is 0.338. The van der Waals surface area contributed by atoms with Crippen molar-refractivity contribution >= 4 is 21.8 Å². The van der Waals surface area contributed by atoms with Crippen LogP contribution in [0.3, 0.4) is 0 Å². The van der Waals surface area contributed by atoms with Crippen molar-refractivity contribution in [1.82, 2.24) is 4.72 Å². The molecule has 12 heavy (non-hydrogen) atoms. The van der Waals surface area contributed by atoms with Gasteiger partial charge in [0.15, 0.2) is 0 Å². The average molecular weight is 200 g/mol. The summed E-state index contributed by atoms with van der Waals surface area (Å²) in [5, 5.41) is 0. The van der Waals surface area contributed by atoms with Gasteiger partial charge >= 0.3 is 0 Å². The summed E-state index contributed by atoms with van der Waals surface area (Å²) in [6, 6.07) is 8.41. The molecule has 1 rings (SSSR count). The van der Waals surface area contributed by atoms with Crippen LogP contribution in [0.25, 0.3) is 0 Å². The summed E-state index contributed by atoms with van der Waals surface area (Å²) in [4.78, 5) is 1.24. The Bertz CT molecular complexity index is 223. The molecule has 0 amide bonds. The monoisotopic (exact) mass is 200 g/mol. The van der Waals surface area contributed by atoms with Crippen LogP contribution in [-0.4, -0.2) is 6.67 Å². The molecular formula is C8H12N2S2. The van der Waals surface area contributed by atoms with E-state index in [1.807, 2.05) is 0 Å². The van der Waals surface area contributed by atoms with Gasteiger partial charge in [0.1, 0.15) is 0 Å². The first-order valence-electron chi connectivity index (χ1n) is 3.66. The zero-order chi connectivity index (χ0) is 8.81. The van der Waals surface area contributed by atoms with Crippen molar-refractivity contribution in [3.8, 4) is 0 Å².